The standard InChI is InChI=1S/C17H14FN7O2/c1-9-21-22-16(27-9)17(26)24-6-4-11-14(20-8-19-11)15(24)12-7-13-10(18)3-2-5-25(13)23-12/h2-3,5,7-8,15H,4,6H2,1H3,(H,19,20). The molecule has 9 nitrogen and oxygen atoms in total. The van der Waals surface area contributed by atoms with Crippen molar-refractivity contribution >= 4 is 11.4 Å². The van der Waals surface area contributed by atoms with Gasteiger partial charge in [0.25, 0.3) is 0 Å². The summed E-state index contributed by atoms with van der Waals surface area (Å²) in [6.07, 6.45) is 3.84. The molecule has 1 atom stereocenters. The number of nitrogens with zero attached hydrogens (tertiary/aromatic N) is 6. The van der Waals surface area contributed by atoms with E-state index in [1.165, 1.54) is 10.6 Å². The van der Waals surface area contributed by atoms with E-state index in [4.69, 9.17) is 4.42 Å². The number of aryl methyl sites for hydroxylation is 1. The average molecular weight is 367 g/mol. The zero-order valence-corrected chi connectivity index (χ0v) is 14.3. The molecule has 1 N–H and O–H groups in total. The molecule has 10 heteroatoms. The van der Waals surface area contributed by atoms with Gasteiger partial charge in [-0.15, -0.1) is 10.2 Å². The van der Waals surface area contributed by atoms with Crippen molar-refractivity contribution in [2.45, 2.75) is 19.4 Å². The minimum Gasteiger partial charge on any atom is -0.417 e. The van der Waals surface area contributed by atoms with Crippen LogP contribution in [-0.4, -0.2) is 47.1 Å². The minimum atomic E-state index is -0.584. The second-order valence-electron chi connectivity index (χ2n) is 6.30. The maximum Gasteiger partial charge on any atom is 0.312 e. The fraction of sp³-hybridized carbons (Fsp3) is 0.235. The monoisotopic (exact) mass is 367 g/mol. The first-order chi connectivity index (χ1) is 13.1. The van der Waals surface area contributed by atoms with Crippen LogP contribution in [0.2, 0.25) is 0 Å². The molecule has 0 saturated heterocycles. The van der Waals surface area contributed by atoms with E-state index in [1.807, 2.05) is 0 Å². The van der Waals surface area contributed by atoms with E-state index >= 15 is 0 Å². The lowest BCUT2D eigenvalue weighted by Gasteiger charge is -2.32. The first-order valence-electron chi connectivity index (χ1n) is 8.39. The van der Waals surface area contributed by atoms with Crippen LogP contribution < -0.4 is 0 Å². The van der Waals surface area contributed by atoms with Gasteiger partial charge >= 0.3 is 11.8 Å². The zero-order chi connectivity index (χ0) is 18.5. The molecule has 4 aromatic heterocycles. The summed E-state index contributed by atoms with van der Waals surface area (Å²) in [7, 11) is 0. The van der Waals surface area contributed by atoms with Crippen molar-refractivity contribution in [1.82, 2.24) is 34.7 Å². The second kappa shape index (κ2) is 5.73. The van der Waals surface area contributed by atoms with E-state index in [-0.39, 0.29) is 11.7 Å². The number of halogens is 1. The Kier molecular flexibility index (Phi) is 3.33. The van der Waals surface area contributed by atoms with Gasteiger partial charge in [0, 0.05) is 31.8 Å². The number of aromatic nitrogens is 6. The Bertz CT molecular complexity index is 1160. The summed E-state index contributed by atoms with van der Waals surface area (Å²) < 4.78 is 20.9. The molecule has 1 unspecified atom stereocenters. The fourth-order valence-electron chi connectivity index (χ4n) is 3.43. The Morgan fingerprint density at radius 1 is 1.41 bits per heavy atom. The number of carbonyl (C=O) groups excluding carboxylic acids is 1. The van der Waals surface area contributed by atoms with Gasteiger partial charge in [-0.25, -0.2) is 13.9 Å². The molecule has 0 saturated carbocycles. The number of carbonyl (C=O) groups is 1. The smallest absolute Gasteiger partial charge is 0.312 e. The molecule has 0 aliphatic carbocycles. The van der Waals surface area contributed by atoms with E-state index in [0.29, 0.717) is 35.8 Å². The molecule has 136 valence electrons. The molecule has 4 aromatic rings. The molecular formula is C17H14FN7O2. The van der Waals surface area contributed by atoms with Crippen LogP contribution >= 0.6 is 0 Å². The van der Waals surface area contributed by atoms with Crippen molar-refractivity contribution in [3.05, 3.63) is 65.4 Å². The van der Waals surface area contributed by atoms with Gasteiger partial charge in [-0.2, -0.15) is 5.10 Å². The maximum absolute atomic E-state index is 14.1. The highest BCUT2D eigenvalue weighted by molar-refractivity contribution is 5.90. The number of hydrogen-bond acceptors (Lipinski definition) is 6. The second-order valence-corrected chi connectivity index (χ2v) is 6.30. The predicted octanol–water partition coefficient (Wildman–Crippen LogP) is 1.68. The molecule has 5 rings (SSSR count). The van der Waals surface area contributed by atoms with E-state index in [0.717, 1.165) is 5.69 Å². The highest BCUT2D eigenvalue weighted by atomic mass is 19.1. The number of pyridine rings is 1. The Morgan fingerprint density at radius 3 is 3.07 bits per heavy atom. The Labute approximate surface area is 151 Å². The molecule has 1 aliphatic heterocycles. The topological polar surface area (TPSA) is 105 Å². The lowest BCUT2D eigenvalue weighted by Crippen LogP contribution is -2.41. The van der Waals surface area contributed by atoms with Gasteiger partial charge in [0.2, 0.25) is 5.89 Å². The molecule has 27 heavy (non-hydrogen) atoms. The molecule has 5 heterocycles. The first-order valence-corrected chi connectivity index (χ1v) is 8.39. The van der Waals surface area contributed by atoms with E-state index < -0.39 is 11.9 Å². The highest BCUT2D eigenvalue weighted by Crippen LogP contribution is 2.34. The quantitative estimate of drug-likeness (QED) is 0.578. The SMILES string of the molecule is Cc1nnc(C(=O)N2CCc3[nH]cnc3C2c2cc3c(F)cccn3n2)o1. The van der Waals surface area contributed by atoms with Crippen LogP contribution in [0.15, 0.2) is 35.1 Å². The van der Waals surface area contributed by atoms with Crippen LogP contribution in [0.1, 0.15) is 39.7 Å². The minimum absolute atomic E-state index is 0.0913. The van der Waals surface area contributed by atoms with Crippen molar-refractivity contribution in [1.29, 1.82) is 0 Å². The van der Waals surface area contributed by atoms with E-state index in [9.17, 15) is 9.18 Å². The molecule has 0 spiro atoms. The van der Waals surface area contributed by atoms with Gasteiger partial charge in [-0.1, -0.05) is 0 Å². The van der Waals surface area contributed by atoms with Crippen LogP contribution in [0, 0.1) is 12.7 Å². The number of nitrogens with one attached hydrogen (secondary N) is 1. The first kappa shape index (κ1) is 15.7. The van der Waals surface area contributed by atoms with Crippen LogP contribution in [-0.2, 0) is 6.42 Å². The average Bonchev–Trinajstić information content (AvgIpc) is 3.39. The van der Waals surface area contributed by atoms with Gasteiger partial charge < -0.3 is 14.3 Å². The van der Waals surface area contributed by atoms with Gasteiger partial charge in [0.05, 0.1) is 17.7 Å². The third kappa shape index (κ3) is 2.40. The normalized spacial score (nSPS) is 16.7. The number of fused-ring (bicyclic) bond motifs is 2. The molecule has 0 fully saturated rings. The van der Waals surface area contributed by atoms with Crippen LogP contribution in [0.4, 0.5) is 4.39 Å². The molecule has 0 bridgehead atoms. The summed E-state index contributed by atoms with van der Waals surface area (Å²) in [5.41, 5.74) is 2.44. The predicted molar refractivity (Wildman–Crippen MR) is 89.4 cm³/mol. The Morgan fingerprint density at radius 2 is 2.30 bits per heavy atom. The number of H-pyrrole nitrogens is 1. The fourth-order valence-corrected chi connectivity index (χ4v) is 3.43. The van der Waals surface area contributed by atoms with Crippen molar-refractivity contribution in [2.24, 2.45) is 0 Å². The summed E-state index contributed by atoms with van der Waals surface area (Å²) in [5, 5.41) is 12.0. The summed E-state index contributed by atoms with van der Waals surface area (Å²) in [5.74, 6) is -0.583. The molecular weight excluding hydrogens is 353 g/mol. The van der Waals surface area contributed by atoms with Crippen molar-refractivity contribution in [2.75, 3.05) is 6.54 Å². The summed E-state index contributed by atoms with van der Waals surface area (Å²) in [6.45, 7) is 2.03. The zero-order valence-electron chi connectivity index (χ0n) is 14.3. The molecule has 0 aromatic carbocycles. The van der Waals surface area contributed by atoms with Crippen LogP contribution in [0.5, 0.6) is 0 Å². The van der Waals surface area contributed by atoms with Crippen molar-refractivity contribution < 1.29 is 13.6 Å². The van der Waals surface area contributed by atoms with Crippen molar-refractivity contribution in [3.63, 3.8) is 0 Å². The van der Waals surface area contributed by atoms with Gasteiger partial charge in [-0.05, 0) is 18.2 Å². The third-order valence-electron chi connectivity index (χ3n) is 4.64. The van der Waals surface area contributed by atoms with E-state index in [2.05, 4.69) is 25.3 Å². The van der Waals surface area contributed by atoms with Gasteiger partial charge in [-0.3, -0.25) is 4.79 Å². The molecule has 1 aliphatic rings. The molecule has 0 radical (unpaired) electrons. The lowest BCUT2D eigenvalue weighted by atomic mass is 9.99. The Hall–Kier alpha value is -3.56. The Balaban J connectivity index is 1.64. The number of hydrogen-bond donors (Lipinski definition) is 1. The van der Waals surface area contributed by atoms with Crippen molar-refractivity contribution in [3.8, 4) is 0 Å². The summed E-state index contributed by atoms with van der Waals surface area (Å²) in [4.78, 5) is 22.0. The van der Waals surface area contributed by atoms with E-state index in [1.54, 1.807) is 36.5 Å². The summed E-state index contributed by atoms with van der Waals surface area (Å²) in [6, 6.07) is 3.98. The number of imidazole rings is 1. The summed E-state index contributed by atoms with van der Waals surface area (Å²) >= 11 is 0. The lowest BCUT2D eigenvalue weighted by molar-refractivity contribution is 0.0644. The largest absolute Gasteiger partial charge is 0.417 e. The number of amides is 1. The van der Waals surface area contributed by atoms with Crippen LogP contribution in [0.25, 0.3) is 5.52 Å². The van der Waals surface area contributed by atoms with Gasteiger partial charge in [0.1, 0.15) is 17.4 Å². The highest BCUT2D eigenvalue weighted by Gasteiger charge is 2.38. The molecule has 1 amide bonds. The number of rotatable bonds is 2. The van der Waals surface area contributed by atoms with Gasteiger partial charge in [0.15, 0.2) is 0 Å². The third-order valence-corrected chi connectivity index (χ3v) is 4.64. The number of aromatic amines is 1. The van der Waals surface area contributed by atoms with Crippen LogP contribution in [0.3, 0.4) is 0 Å². The maximum atomic E-state index is 14.1.